The molecule has 0 aliphatic heterocycles. The molecule has 0 fully saturated rings. The van der Waals surface area contributed by atoms with Crippen LogP contribution in [0.2, 0.25) is 0 Å². The van der Waals surface area contributed by atoms with E-state index in [9.17, 15) is 4.39 Å². The van der Waals surface area contributed by atoms with Gasteiger partial charge in [-0.25, -0.2) is 4.39 Å². The Hall–Kier alpha value is -1.33. The molecule has 0 saturated carbocycles. The van der Waals surface area contributed by atoms with Gasteiger partial charge in [0.2, 0.25) is 0 Å². The molecule has 0 radical (unpaired) electrons. The third-order valence-electron chi connectivity index (χ3n) is 2.30. The summed E-state index contributed by atoms with van der Waals surface area (Å²) < 4.78 is 21.8. The highest BCUT2D eigenvalue weighted by molar-refractivity contribution is 6.99. The Morgan fingerprint density at radius 1 is 1.44 bits per heavy atom. The first-order chi connectivity index (χ1) is 7.83. The molecule has 1 heterocycles. The van der Waals surface area contributed by atoms with Crippen LogP contribution in [0.3, 0.4) is 0 Å². The lowest BCUT2D eigenvalue weighted by molar-refractivity contribution is 0.554. The van der Waals surface area contributed by atoms with Gasteiger partial charge in [-0.15, -0.1) is 0 Å². The van der Waals surface area contributed by atoms with Gasteiger partial charge in [0.25, 0.3) is 0 Å². The summed E-state index contributed by atoms with van der Waals surface area (Å²) in [5, 5.41) is 3.21. The van der Waals surface area contributed by atoms with E-state index in [1.807, 2.05) is 13.0 Å². The smallest absolute Gasteiger partial charge is 0.128 e. The van der Waals surface area contributed by atoms with Crippen molar-refractivity contribution >= 4 is 11.7 Å². The average molecular weight is 237 g/mol. The number of hydrogen-bond acceptors (Lipinski definition) is 4. The van der Waals surface area contributed by atoms with Gasteiger partial charge in [-0.3, -0.25) is 0 Å². The summed E-state index contributed by atoms with van der Waals surface area (Å²) in [5.74, 6) is -0.221. The van der Waals surface area contributed by atoms with Crippen molar-refractivity contribution in [1.29, 1.82) is 0 Å². The van der Waals surface area contributed by atoms with Crippen molar-refractivity contribution in [2.75, 3.05) is 6.54 Å². The molecule has 5 heteroatoms. The van der Waals surface area contributed by atoms with Crippen molar-refractivity contribution in [3.63, 3.8) is 0 Å². The van der Waals surface area contributed by atoms with Gasteiger partial charge in [-0.2, -0.15) is 8.75 Å². The fourth-order valence-corrected chi connectivity index (χ4v) is 2.04. The standard InChI is InChI=1S/C11H12FN3S/c1-2-13-11(10-7-14-16-15-10)8-5-3-4-6-9(8)12/h3-7,11,13H,2H2,1H3. The second-order valence-corrected chi connectivity index (χ2v) is 3.90. The van der Waals surface area contributed by atoms with Gasteiger partial charge in [-0.1, -0.05) is 25.1 Å². The van der Waals surface area contributed by atoms with E-state index in [0.29, 0.717) is 5.56 Å². The fourth-order valence-electron chi connectivity index (χ4n) is 1.59. The van der Waals surface area contributed by atoms with Crippen LogP contribution in [-0.2, 0) is 0 Å². The maximum absolute atomic E-state index is 13.7. The minimum atomic E-state index is -0.221. The zero-order valence-electron chi connectivity index (χ0n) is 8.85. The topological polar surface area (TPSA) is 37.8 Å². The second-order valence-electron chi connectivity index (χ2n) is 3.34. The highest BCUT2D eigenvalue weighted by Gasteiger charge is 2.18. The predicted molar refractivity (Wildman–Crippen MR) is 61.8 cm³/mol. The molecule has 0 amide bonds. The number of halogens is 1. The van der Waals surface area contributed by atoms with E-state index in [2.05, 4.69) is 14.1 Å². The Morgan fingerprint density at radius 3 is 2.88 bits per heavy atom. The lowest BCUT2D eigenvalue weighted by Crippen LogP contribution is -2.23. The fraction of sp³-hybridized carbons (Fsp3) is 0.273. The van der Waals surface area contributed by atoms with Crippen molar-refractivity contribution in [2.24, 2.45) is 0 Å². The van der Waals surface area contributed by atoms with Crippen LogP contribution in [0.4, 0.5) is 4.39 Å². The molecular weight excluding hydrogens is 225 g/mol. The Kier molecular flexibility index (Phi) is 3.58. The molecule has 84 valence electrons. The molecule has 16 heavy (non-hydrogen) atoms. The molecule has 0 aliphatic rings. The third-order valence-corrected chi connectivity index (χ3v) is 2.79. The number of aromatic nitrogens is 2. The van der Waals surface area contributed by atoms with Crippen LogP contribution in [0.25, 0.3) is 0 Å². The van der Waals surface area contributed by atoms with Crippen LogP contribution in [0.1, 0.15) is 24.2 Å². The summed E-state index contributed by atoms with van der Waals surface area (Å²) in [4.78, 5) is 0. The van der Waals surface area contributed by atoms with E-state index in [0.717, 1.165) is 24.0 Å². The van der Waals surface area contributed by atoms with E-state index in [1.54, 1.807) is 18.3 Å². The van der Waals surface area contributed by atoms with Crippen molar-refractivity contribution < 1.29 is 4.39 Å². The molecule has 1 unspecified atom stereocenters. The van der Waals surface area contributed by atoms with E-state index in [1.165, 1.54) is 6.07 Å². The minimum absolute atomic E-state index is 0.218. The third kappa shape index (κ3) is 2.25. The van der Waals surface area contributed by atoms with Gasteiger partial charge in [0, 0.05) is 5.56 Å². The second kappa shape index (κ2) is 5.14. The van der Waals surface area contributed by atoms with Crippen LogP contribution < -0.4 is 5.32 Å². The summed E-state index contributed by atoms with van der Waals surface area (Å²) in [6.45, 7) is 2.73. The molecular formula is C11H12FN3S. The zero-order chi connectivity index (χ0) is 11.4. The maximum atomic E-state index is 13.7. The van der Waals surface area contributed by atoms with Gasteiger partial charge >= 0.3 is 0 Å². The summed E-state index contributed by atoms with van der Waals surface area (Å²) in [7, 11) is 0. The predicted octanol–water partition coefficient (Wildman–Crippen LogP) is 2.38. The van der Waals surface area contributed by atoms with Crippen LogP contribution >= 0.6 is 11.7 Å². The van der Waals surface area contributed by atoms with Crippen molar-refractivity contribution in [1.82, 2.24) is 14.1 Å². The Labute approximate surface area is 97.7 Å². The molecule has 0 aliphatic carbocycles. The van der Waals surface area contributed by atoms with Crippen LogP contribution in [0.5, 0.6) is 0 Å². The number of hydrogen-bond donors (Lipinski definition) is 1. The van der Waals surface area contributed by atoms with Gasteiger partial charge in [0.1, 0.15) is 5.82 Å². The van der Waals surface area contributed by atoms with Crippen molar-refractivity contribution in [3.05, 3.63) is 47.5 Å². The Balaban J connectivity index is 2.37. The molecule has 3 nitrogen and oxygen atoms in total. The van der Waals surface area contributed by atoms with Crippen molar-refractivity contribution in [3.8, 4) is 0 Å². The van der Waals surface area contributed by atoms with E-state index >= 15 is 0 Å². The van der Waals surface area contributed by atoms with Gasteiger partial charge in [0.05, 0.1) is 29.7 Å². The largest absolute Gasteiger partial charge is 0.305 e. The lowest BCUT2D eigenvalue weighted by Gasteiger charge is -2.16. The van der Waals surface area contributed by atoms with Crippen LogP contribution in [0.15, 0.2) is 30.5 Å². The quantitative estimate of drug-likeness (QED) is 0.887. The number of nitrogens with zero attached hydrogens (tertiary/aromatic N) is 2. The van der Waals surface area contributed by atoms with Gasteiger partial charge in [0.15, 0.2) is 0 Å². The molecule has 2 rings (SSSR count). The van der Waals surface area contributed by atoms with Gasteiger partial charge in [-0.05, 0) is 12.6 Å². The highest BCUT2D eigenvalue weighted by atomic mass is 32.1. The summed E-state index contributed by atoms with van der Waals surface area (Å²) in [5.41, 5.74) is 1.37. The minimum Gasteiger partial charge on any atom is -0.305 e. The lowest BCUT2D eigenvalue weighted by atomic mass is 10.0. The normalized spacial score (nSPS) is 12.6. The first-order valence-corrected chi connectivity index (χ1v) is 5.81. The first kappa shape index (κ1) is 11.2. The number of benzene rings is 1. The molecule has 2 aromatic rings. The number of rotatable bonds is 4. The Morgan fingerprint density at radius 2 is 2.25 bits per heavy atom. The maximum Gasteiger partial charge on any atom is 0.128 e. The van der Waals surface area contributed by atoms with Crippen molar-refractivity contribution in [2.45, 2.75) is 13.0 Å². The first-order valence-electron chi connectivity index (χ1n) is 5.08. The SMILES string of the molecule is CCNC(c1cnsn1)c1ccccc1F. The van der Waals surface area contributed by atoms with Crippen LogP contribution in [-0.4, -0.2) is 15.3 Å². The van der Waals surface area contributed by atoms with Gasteiger partial charge < -0.3 is 5.32 Å². The molecule has 1 aromatic carbocycles. The zero-order valence-corrected chi connectivity index (χ0v) is 9.67. The summed E-state index contributed by atoms with van der Waals surface area (Å²) in [6, 6.07) is 6.51. The average Bonchev–Trinajstić information content (AvgIpc) is 2.80. The molecule has 0 spiro atoms. The van der Waals surface area contributed by atoms with E-state index in [4.69, 9.17) is 0 Å². The molecule has 1 N–H and O–H groups in total. The highest BCUT2D eigenvalue weighted by Crippen LogP contribution is 2.22. The molecule has 1 aromatic heterocycles. The summed E-state index contributed by atoms with van der Waals surface area (Å²) in [6.07, 6.45) is 1.67. The van der Waals surface area contributed by atoms with E-state index in [-0.39, 0.29) is 11.9 Å². The molecule has 1 atom stereocenters. The Bertz CT molecular complexity index is 444. The monoisotopic (exact) mass is 237 g/mol. The summed E-state index contributed by atoms with van der Waals surface area (Å²) >= 11 is 1.13. The van der Waals surface area contributed by atoms with E-state index < -0.39 is 0 Å². The number of nitrogens with one attached hydrogen (secondary N) is 1. The van der Waals surface area contributed by atoms with Crippen LogP contribution in [0, 0.1) is 5.82 Å². The molecule has 0 bridgehead atoms. The molecule has 0 saturated heterocycles.